The average molecular weight is 371 g/mol. The molecule has 0 amide bonds. The van der Waals surface area contributed by atoms with Gasteiger partial charge in [0.05, 0.1) is 27.7 Å². The molecule has 0 radical (unpaired) electrons. The topological polar surface area (TPSA) is 188 Å². The minimum Gasteiger partial charge on any atom is -0.480 e. The minimum absolute atomic E-state index is 0.0129. The van der Waals surface area contributed by atoms with Crippen molar-refractivity contribution in [2.75, 3.05) is 54.1 Å². The van der Waals surface area contributed by atoms with E-state index in [1.54, 1.807) is 13.8 Å². The highest BCUT2D eigenvalue weighted by atomic mass is 16.4. The fraction of sp³-hybridized carbons (Fsp3) is 0.867. The number of hydrogen-bond donors (Lipinski definition) is 7. The van der Waals surface area contributed by atoms with Gasteiger partial charge in [-0.2, -0.15) is 0 Å². The molecule has 0 spiro atoms. The molecule has 154 valence electrons. The summed E-state index contributed by atoms with van der Waals surface area (Å²) in [7, 11) is 6.16. The second kappa shape index (κ2) is 22.5. The van der Waals surface area contributed by atoms with Gasteiger partial charge in [0, 0.05) is 19.8 Å². The molecule has 0 fully saturated rings. The van der Waals surface area contributed by atoms with E-state index in [-0.39, 0.29) is 25.8 Å². The first-order chi connectivity index (χ1) is 11.4. The van der Waals surface area contributed by atoms with Crippen LogP contribution in [0.15, 0.2) is 4.99 Å². The molecule has 1 atom stereocenters. The van der Waals surface area contributed by atoms with E-state index in [9.17, 15) is 4.79 Å². The molecule has 0 aromatic carbocycles. The van der Waals surface area contributed by atoms with Gasteiger partial charge in [-0.15, -0.1) is 0 Å². The number of nitrogens with zero attached hydrogens (tertiary/aromatic N) is 2. The second-order valence-electron chi connectivity index (χ2n) is 5.76. The Morgan fingerprint density at radius 3 is 1.68 bits per heavy atom. The first-order valence-electron chi connectivity index (χ1n) is 8.10. The standard InChI is InChI=1S/C6H14N4O2.C5H14NO.2C2H6O/c7-4(5(11)12)2-1-3-10-6(8)9;1-6(2,3)4-5-7;2*1-2-3/h4H,1-3,7H2,(H,11,12)(H4,8,9,10);7H,4-5H2,1-3H3;2*3H,2H2,1H3/q;+1;;. The number of guanidine groups is 1. The highest BCUT2D eigenvalue weighted by molar-refractivity contribution is 5.75. The first-order valence-corrected chi connectivity index (χ1v) is 8.10. The van der Waals surface area contributed by atoms with Crippen molar-refractivity contribution in [3.05, 3.63) is 0 Å². The molecule has 10 nitrogen and oxygen atoms in total. The van der Waals surface area contributed by atoms with Crippen LogP contribution in [-0.2, 0) is 4.79 Å². The third-order valence-corrected chi connectivity index (χ3v) is 2.06. The number of aliphatic imine (C=N–C) groups is 1. The lowest BCUT2D eigenvalue weighted by atomic mass is 10.2. The van der Waals surface area contributed by atoms with E-state index in [1.165, 1.54) is 0 Å². The van der Waals surface area contributed by atoms with Crippen LogP contribution in [0, 0.1) is 0 Å². The van der Waals surface area contributed by atoms with Crippen molar-refractivity contribution in [3.8, 4) is 0 Å². The molecule has 0 rings (SSSR count). The summed E-state index contributed by atoms with van der Waals surface area (Å²) in [5.74, 6) is -0.987. The van der Waals surface area contributed by atoms with Crippen LogP contribution in [0.4, 0.5) is 0 Å². The SMILES string of the molecule is CCO.CCO.C[N+](C)(C)CCO.NC(N)=NCCCC(N)C(=O)O. The van der Waals surface area contributed by atoms with Crippen LogP contribution in [0.2, 0.25) is 0 Å². The summed E-state index contributed by atoms with van der Waals surface area (Å²) in [5, 5.41) is 31.9. The molecule has 10 N–H and O–H groups in total. The van der Waals surface area contributed by atoms with E-state index >= 15 is 0 Å². The van der Waals surface area contributed by atoms with Crippen LogP contribution < -0.4 is 17.2 Å². The van der Waals surface area contributed by atoms with Gasteiger partial charge < -0.3 is 42.1 Å². The Morgan fingerprint density at radius 1 is 1.08 bits per heavy atom. The Balaban J connectivity index is -0.000000143. The Kier molecular flexibility index (Phi) is 28.2. The number of rotatable bonds is 7. The quantitative estimate of drug-likeness (QED) is 0.117. The monoisotopic (exact) mass is 370 g/mol. The predicted octanol–water partition coefficient (Wildman–Crippen LogP) is -1.87. The zero-order valence-electron chi connectivity index (χ0n) is 16.4. The number of carboxylic acid groups (broad SMARTS) is 1. The van der Waals surface area contributed by atoms with Crippen LogP contribution in [0.3, 0.4) is 0 Å². The van der Waals surface area contributed by atoms with Gasteiger partial charge in [-0.05, 0) is 26.7 Å². The fourth-order valence-corrected chi connectivity index (χ4v) is 0.943. The highest BCUT2D eigenvalue weighted by Crippen LogP contribution is 1.94. The molecule has 0 aliphatic rings. The first kappa shape index (κ1) is 31.3. The summed E-state index contributed by atoms with van der Waals surface area (Å²) in [6, 6.07) is -0.820. The van der Waals surface area contributed by atoms with Crippen molar-refractivity contribution >= 4 is 11.9 Å². The van der Waals surface area contributed by atoms with Crippen LogP contribution in [0.1, 0.15) is 26.7 Å². The van der Waals surface area contributed by atoms with E-state index in [2.05, 4.69) is 26.1 Å². The van der Waals surface area contributed by atoms with E-state index in [0.29, 0.717) is 19.4 Å². The van der Waals surface area contributed by atoms with Gasteiger partial charge in [0.15, 0.2) is 5.96 Å². The van der Waals surface area contributed by atoms with Gasteiger partial charge in [-0.1, -0.05) is 0 Å². The van der Waals surface area contributed by atoms with E-state index in [0.717, 1.165) is 11.0 Å². The van der Waals surface area contributed by atoms with Gasteiger partial charge in [-0.3, -0.25) is 9.79 Å². The smallest absolute Gasteiger partial charge is 0.320 e. The van der Waals surface area contributed by atoms with Crippen molar-refractivity contribution in [2.24, 2.45) is 22.2 Å². The van der Waals surface area contributed by atoms with Gasteiger partial charge in [-0.25, -0.2) is 0 Å². The molecular weight excluding hydrogens is 330 g/mol. The van der Waals surface area contributed by atoms with Gasteiger partial charge in [0.1, 0.15) is 12.6 Å². The largest absolute Gasteiger partial charge is 0.480 e. The molecule has 0 aliphatic carbocycles. The lowest BCUT2D eigenvalue weighted by molar-refractivity contribution is -0.870. The van der Waals surface area contributed by atoms with Gasteiger partial charge in [0.25, 0.3) is 0 Å². The van der Waals surface area contributed by atoms with Crippen LogP contribution in [-0.4, -0.2) is 96.9 Å². The number of carbonyl (C=O) groups is 1. The molecule has 0 heterocycles. The van der Waals surface area contributed by atoms with E-state index in [1.807, 2.05) is 0 Å². The normalized spacial score (nSPS) is 10.6. The summed E-state index contributed by atoms with van der Waals surface area (Å²) in [6.45, 7) is 5.40. The van der Waals surface area contributed by atoms with Crippen molar-refractivity contribution in [1.29, 1.82) is 0 Å². The molecule has 0 aromatic rings. The third-order valence-electron chi connectivity index (χ3n) is 2.06. The summed E-state index contributed by atoms with van der Waals surface area (Å²) < 4.78 is 0.844. The number of nitrogens with two attached hydrogens (primary N) is 3. The lowest BCUT2D eigenvalue weighted by Crippen LogP contribution is -2.36. The Hall–Kier alpha value is -1.46. The van der Waals surface area contributed by atoms with E-state index in [4.69, 9.17) is 37.6 Å². The second-order valence-corrected chi connectivity index (χ2v) is 5.76. The van der Waals surface area contributed by atoms with Crippen molar-refractivity contribution in [3.63, 3.8) is 0 Å². The molecule has 0 saturated carbocycles. The predicted molar refractivity (Wildman–Crippen MR) is 101 cm³/mol. The summed E-state index contributed by atoms with van der Waals surface area (Å²) >= 11 is 0. The molecule has 0 saturated heterocycles. The Bertz CT molecular complexity index is 303. The number of quaternary nitrogens is 1. The molecule has 0 aliphatic heterocycles. The van der Waals surface area contributed by atoms with Crippen LogP contribution >= 0.6 is 0 Å². The summed E-state index contributed by atoms with van der Waals surface area (Å²) in [4.78, 5) is 13.9. The molecule has 10 heteroatoms. The fourth-order valence-electron chi connectivity index (χ4n) is 0.943. The molecule has 25 heavy (non-hydrogen) atoms. The maximum atomic E-state index is 10.2. The zero-order chi connectivity index (χ0) is 20.9. The Morgan fingerprint density at radius 2 is 1.48 bits per heavy atom. The number of carboxylic acids is 1. The molecule has 1 unspecified atom stereocenters. The van der Waals surface area contributed by atoms with Gasteiger partial charge in [0.2, 0.25) is 0 Å². The minimum atomic E-state index is -1.00. The average Bonchev–Trinajstić information content (AvgIpc) is 2.44. The highest BCUT2D eigenvalue weighted by Gasteiger charge is 2.09. The van der Waals surface area contributed by atoms with Crippen LogP contribution in [0.25, 0.3) is 0 Å². The molecular formula is C15H40N5O5+. The van der Waals surface area contributed by atoms with Crippen molar-refractivity contribution in [2.45, 2.75) is 32.7 Å². The number of aliphatic carboxylic acids is 1. The van der Waals surface area contributed by atoms with Crippen molar-refractivity contribution < 1.29 is 29.7 Å². The van der Waals surface area contributed by atoms with E-state index < -0.39 is 12.0 Å². The third kappa shape index (κ3) is 51.9. The molecule has 0 aromatic heterocycles. The number of aliphatic hydroxyl groups is 3. The molecule has 0 bridgehead atoms. The number of hydrogen-bond acceptors (Lipinski definition) is 6. The van der Waals surface area contributed by atoms with Crippen LogP contribution in [0.5, 0.6) is 0 Å². The Labute approximate surface area is 151 Å². The maximum absolute atomic E-state index is 10.2. The lowest BCUT2D eigenvalue weighted by Gasteiger charge is -2.21. The maximum Gasteiger partial charge on any atom is 0.320 e. The summed E-state index contributed by atoms with van der Waals surface area (Å²) in [5.41, 5.74) is 15.3. The van der Waals surface area contributed by atoms with Crippen molar-refractivity contribution in [1.82, 2.24) is 0 Å². The zero-order valence-corrected chi connectivity index (χ0v) is 16.4. The number of aliphatic hydroxyl groups excluding tert-OH is 3. The number of likely N-dealkylation sites (N-methyl/N-ethyl adjacent to an activating group) is 1. The van der Waals surface area contributed by atoms with Gasteiger partial charge >= 0.3 is 5.97 Å². The summed E-state index contributed by atoms with van der Waals surface area (Å²) in [6.07, 6.45) is 0.956.